The summed E-state index contributed by atoms with van der Waals surface area (Å²) in [5.41, 5.74) is 1.40. The van der Waals surface area contributed by atoms with Crippen LogP contribution in [0.4, 0.5) is 5.82 Å². The predicted octanol–water partition coefficient (Wildman–Crippen LogP) is 1.78. The number of sulfonamides is 1. The average molecular weight is 336 g/mol. The number of rotatable bonds is 5. The molecule has 0 aromatic carbocycles. The summed E-state index contributed by atoms with van der Waals surface area (Å²) >= 11 is 0. The summed E-state index contributed by atoms with van der Waals surface area (Å²) in [6.45, 7) is 2.96. The Bertz CT molecular complexity index is 738. The van der Waals surface area contributed by atoms with Gasteiger partial charge in [0.15, 0.2) is 0 Å². The lowest BCUT2D eigenvalue weighted by Crippen LogP contribution is -2.42. The normalized spacial score (nSPS) is 17.3. The number of aromatic nitrogens is 2. The molecule has 0 unspecified atom stereocenters. The molecule has 0 amide bonds. The van der Waals surface area contributed by atoms with Crippen LogP contribution in [0.2, 0.25) is 0 Å². The van der Waals surface area contributed by atoms with Gasteiger partial charge in [-0.15, -0.1) is 0 Å². The first-order chi connectivity index (χ1) is 11.0. The van der Waals surface area contributed by atoms with Gasteiger partial charge in [0.05, 0.1) is 5.69 Å². The molecule has 1 aliphatic heterocycles. The van der Waals surface area contributed by atoms with Gasteiger partial charge < -0.3 is 9.84 Å². The molecule has 1 aliphatic rings. The van der Waals surface area contributed by atoms with Crippen molar-refractivity contribution in [2.45, 2.75) is 31.6 Å². The van der Waals surface area contributed by atoms with E-state index in [4.69, 9.17) is 4.52 Å². The zero-order valence-corrected chi connectivity index (χ0v) is 13.8. The molecule has 0 bridgehead atoms. The molecule has 8 heteroatoms. The molecule has 3 heterocycles. The molecule has 0 aliphatic carbocycles. The SMILES string of the molecule is Cc1cccc(NC2CCN(S(=O)(=O)Cc3ccon3)CC2)n1. The molecule has 1 saturated heterocycles. The highest BCUT2D eigenvalue weighted by Crippen LogP contribution is 2.19. The average Bonchev–Trinajstić information content (AvgIpc) is 3.00. The molecule has 0 atom stereocenters. The molecule has 23 heavy (non-hydrogen) atoms. The van der Waals surface area contributed by atoms with Crippen LogP contribution in [0.15, 0.2) is 35.1 Å². The highest BCUT2D eigenvalue weighted by atomic mass is 32.2. The van der Waals surface area contributed by atoms with Crippen molar-refractivity contribution in [1.29, 1.82) is 0 Å². The molecule has 2 aromatic heterocycles. The van der Waals surface area contributed by atoms with Gasteiger partial charge in [-0.1, -0.05) is 11.2 Å². The predicted molar refractivity (Wildman–Crippen MR) is 86.3 cm³/mol. The molecule has 1 N–H and O–H groups in total. The number of nitrogens with one attached hydrogen (secondary N) is 1. The van der Waals surface area contributed by atoms with E-state index in [0.29, 0.717) is 18.8 Å². The van der Waals surface area contributed by atoms with E-state index < -0.39 is 10.0 Å². The van der Waals surface area contributed by atoms with Crippen LogP contribution < -0.4 is 5.32 Å². The Balaban J connectivity index is 1.55. The third kappa shape index (κ3) is 4.08. The summed E-state index contributed by atoms with van der Waals surface area (Å²) in [6, 6.07) is 7.66. The largest absolute Gasteiger partial charge is 0.367 e. The minimum Gasteiger partial charge on any atom is -0.367 e. The molecule has 2 aromatic rings. The number of nitrogens with zero attached hydrogens (tertiary/aromatic N) is 3. The quantitative estimate of drug-likeness (QED) is 0.895. The number of piperidine rings is 1. The van der Waals surface area contributed by atoms with Crippen LogP contribution in [0.3, 0.4) is 0 Å². The highest BCUT2D eigenvalue weighted by Gasteiger charge is 2.28. The molecule has 0 saturated carbocycles. The van der Waals surface area contributed by atoms with E-state index in [1.807, 2.05) is 25.1 Å². The summed E-state index contributed by atoms with van der Waals surface area (Å²) in [7, 11) is -3.34. The van der Waals surface area contributed by atoms with Crippen molar-refractivity contribution in [3.05, 3.63) is 41.9 Å². The lowest BCUT2D eigenvalue weighted by molar-refractivity contribution is 0.328. The first-order valence-electron chi connectivity index (χ1n) is 7.60. The fraction of sp³-hybridized carbons (Fsp3) is 0.467. The number of aryl methyl sites for hydroxylation is 1. The van der Waals surface area contributed by atoms with E-state index in [2.05, 4.69) is 15.5 Å². The molecular weight excluding hydrogens is 316 g/mol. The summed E-state index contributed by atoms with van der Waals surface area (Å²) in [4.78, 5) is 4.42. The van der Waals surface area contributed by atoms with Crippen LogP contribution in [0.1, 0.15) is 24.2 Å². The lowest BCUT2D eigenvalue weighted by atomic mass is 10.1. The third-order valence-corrected chi connectivity index (χ3v) is 5.72. The second-order valence-corrected chi connectivity index (χ2v) is 7.70. The zero-order chi connectivity index (χ0) is 16.3. The first kappa shape index (κ1) is 15.9. The Morgan fingerprint density at radius 2 is 2.09 bits per heavy atom. The van der Waals surface area contributed by atoms with Gasteiger partial charge >= 0.3 is 0 Å². The monoisotopic (exact) mass is 336 g/mol. The second kappa shape index (κ2) is 6.67. The Hall–Kier alpha value is -1.93. The number of hydrogen-bond acceptors (Lipinski definition) is 6. The Morgan fingerprint density at radius 1 is 1.30 bits per heavy atom. The van der Waals surface area contributed by atoms with Crippen molar-refractivity contribution in [3.63, 3.8) is 0 Å². The van der Waals surface area contributed by atoms with Crippen LogP contribution >= 0.6 is 0 Å². The number of hydrogen-bond donors (Lipinski definition) is 1. The van der Waals surface area contributed by atoms with Gasteiger partial charge in [-0.05, 0) is 31.9 Å². The van der Waals surface area contributed by atoms with Crippen LogP contribution in [0, 0.1) is 6.92 Å². The van der Waals surface area contributed by atoms with Crippen molar-refractivity contribution >= 4 is 15.8 Å². The fourth-order valence-electron chi connectivity index (χ4n) is 2.70. The summed E-state index contributed by atoms with van der Waals surface area (Å²) in [5, 5.41) is 7.05. The Kier molecular flexibility index (Phi) is 4.63. The van der Waals surface area contributed by atoms with Gasteiger partial charge in [0, 0.05) is 30.9 Å². The van der Waals surface area contributed by atoms with E-state index in [9.17, 15) is 8.42 Å². The summed E-state index contributed by atoms with van der Waals surface area (Å²) in [5.74, 6) is 0.731. The Labute approximate surface area is 135 Å². The van der Waals surface area contributed by atoms with E-state index in [-0.39, 0.29) is 11.8 Å². The number of anilines is 1. The molecular formula is C15H20N4O3S. The second-order valence-electron chi connectivity index (χ2n) is 5.73. The third-order valence-electron chi connectivity index (χ3n) is 3.91. The first-order valence-corrected chi connectivity index (χ1v) is 9.21. The standard InChI is InChI=1S/C15H20N4O3S/c1-12-3-2-4-15(16-12)17-13-5-8-19(9-6-13)23(20,21)11-14-7-10-22-18-14/h2-4,7,10,13H,5-6,8-9,11H2,1H3,(H,16,17). The van der Waals surface area contributed by atoms with Crippen molar-refractivity contribution in [3.8, 4) is 0 Å². The van der Waals surface area contributed by atoms with Gasteiger partial charge in [-0.2, -0.15) is 0 Å². The summed E-state index contributed by atoms with van der Waals surface area (Å²) in [6.07, 6.45) is 2.90. The Morgan fingerprint density at radius 3 is 2.74 bits per heavy atom. The van der Waals surface area contributed by atoms with Crippen LogP contribution in [0.5, 0.6) is 0 Å². The van der Waals surface area contributed by atoms with Gasteiger partial charge in [0.25, 0.3) is 0 Å². The van der Waals surface area contributed by atoms with Crippen molar-refractivity contribution in [1.82, 2.24) is 14.4 Å². The van der Waals surface area contributed by atoms with Gasteiger partial charge in [0.2, 0.25) is 10.0 Å². The van der Waals surface area contributed by atoms with E-state index in [1.54, 1.807) is 6.07 Å². The minimum atomic E-state index is -3.34. The lowest BCUT2D eigenvalue weighted by Gasteiger charge is -2.31. The van der Waals surface area contributed by atoms with Crippen molar-refractivity contribution in [2.75, 3.05) is 18.4 Å². The molecule has 7 nitrogen and oxygen atoms in total. The van der Waals surface area contributed by atoms with Gasteiger partial charge in [0.1, 0.15) is 17.8 Å². The molecule has 124 valence electrons. The highest BCUT2D eigenvalue weighted by molar-refractivity contribution is 7.88. The van der Waals surface area contributed by atoms with E-state index >= 15 is 0 Å². The fourth-order valence-corrected chi connectivity index (χ4v) is 4.17. The maximum absolute atomic E-state index is 12.4. The molecule has 1 fully saturated rings. The van der Waals surface area contributed by atoms with E-state index in [1.165, 1.54) is 10.6 Å². The van der Waals surface area contributed by atoms with Crippen LogP contribution in [0.25, 0.3) is 0 Å². The topological polar surface area (TPSA) is 88.3 Å². The minimum absolute atomic E-state index is 0.110. The van der Waals surface area contributed by atoms with Crippen LogP contribution in [-0.2, 0) is 15.8 Å². The van der Waals surface area contributed by atoms with Crippen LogP contribution in [-0.4, -0.2) is 42.0 Å². The van der Waals surface area contributed by atoms with Gasteiger partial charge in [-0.3, -0.25) is 0 Å². The van der Waals surface area contributed by atoms with Crippen molar-refractivity contribution in [2.24, 2.45) is 0 Å². The molecule has 0 radical (unpaired) electrons. The zero-order valence-electron chi connectivity index (χ0n) is 13.0. The van der Waals surface area contributed by atoms with Crippen molar-refractivity contribution < 1.29 is 12.9 Å². The maximum atomic E-state index is 12.4. The molecule has 3 rings (SSSR count). The summed E-state index contributed by atoms with van der Waals surface area (Å²) < 4.78 is 31.0. The molecule has 0 spiro atoms. The van der Waals surface area contributed by atoms with Gasteiger partial charge in [-0.25, -0.2) is 17.7 Å². The maximum Gasteiger partial charge on any atom is 0.219 e. The van der Waals surface area contributed by atoms with E-state index in [0.717, 1.165) is 24.4 Å². The number of pyridine rings is 1. The smallest absolute Gasteiger partial charge is 0.219 e.